The summed E-state index contributed by atoms with van der Waals surface area (Å²) in [6.07, 6.45) is 16.3. The highest BCUT2D eigenvalue weighted by Gasteiger charge is 2.32. The molecule has 5 aromatic carbocycles. The highest BCUT2D eigenvalue weighted by atomic mass is 14.3. The van der Waals surface area contributed by atoms with Gasteiger partial charge in [-0.15, -0.1) is 0 Å². The Morgan fingerprint density at radius 1 is 0.474 bits per heavy atom. The molecule has 5 aromatic rings. The van der Waals surface area contributed by atoms with Crippen molar-refractivity contribution in [3.8, 4) is 0 Å². The van der Waals surface area contributed by atoms with Crippen molar-refractivity contribution >= 4 is 44.8 Å². The summed E-state index contributed by atoms with van der Waals surface area (Å²) in [4.78, 5) is 0. The quantitative estimate of drug-likeness (QED) is 0.219. The molecule has 0 aliphatic heterocycles. The van der Waals surface area contributed by atoms with Gasteiger partial charge in [-0.05, 0) is 78.9 Å². The molecule has 8 rings (SSSR count). The van der Waals surface area contributed by atoms with E-state index >= 15 is 0 Å². The van der Waals surface area contributed by atoms with Crippen molar-refractivity contribution in [3.63, 3.8) is 0 Å². The van der Waals surface area contributed by atoms with Crippen LogP contribution in [-0.2, 0) is 6.42 Å². The molecule has 0 spiro atoms. The number of hydrogen-bond acceptors (Lipinski definition) is 0. The lowest BCUT2D eigenvalue weighted by molar-refractivity contribution is 0.710. The van der Waals surface area contributed by atoms with E-state index in [9.17, 15) is 0 Å². The minimum atomic E-state index is 0.327. The van der Waals surface area contributed by atoms with Gasteiger partial charge < -0.3 is 0 Å². The summed E-state index contributed by atoms with van der Waals surface area (Å²) < 4.78 is 0. The summed E-state index contributed by atoms with van der Waals surface area (Å²) in [7, 11) is 0. The third kappa shape index (κ3) is 3.23. The first-order valence-electron chi connectivity index (χ1n) is 13.7. The molecule has 0 heterocycles. The Kier molecular flexibility index (Phi) is 4.88. The van der Waals surface area contributed by atoms with Gasteiger partial charge in [0.05, 0.1) is 0 Å². The molecule has 2 unspecified atom stereocenters. The van der Waals surface area contributed by atoms with Crippen molar-refractivity contribution in [2.24, 2.45) is 5.92 Å². The van der Waals surface area contributed by atoms with E-state index in [1.807, 2.05) is 0 Å². The molecule has 0 radical (unpaired) electrons. The Bertz CT molecular complexity index is 1820. The first-order valence-corrected chi connectivity index (χ1v) is 13.7. The van der Waals surface area contributed by atoms with Crippen molar-refractivity contribution in [1.29, 1.82) is 0 Å². The van der Waals surface area contributed by atoms with Gasteiger partial charge in [0.25, 0.3) is 0 Å². The molecule has 180 valence electrons. The SMILES string of the molecule is C1=CC2C(c3c4ccccc4c(C4=Cc5ccccc5CC4)c4ccccc34)=Cc3ccccc3C2C=C1. The number of hydrogen-bond donors (Lipinski definition) is 0. The van der Waals surface area contributed by atoms with Gasteiger partial charge in [-0.25, -0.2) is 0 Å². The molecule has 0 heteroatoms. The fourth-order valence-corrected chi connectivity index (χ4v) is 7.06. The van der Waals surface area contributed by atoms with Crippen LogP contribution >= 0.6 is 0 Å². The molecule has 0 aromatic heterocycles. The number of allylic oxidation sites excluding steroid dienone is 6. The highest BCUT2D eigenvalue weighted by Crippen LogP contribution is 2.50. The molecule has 2 atom stereocenters. The van der Waals surface area contributed by atoms with E-state index in [2.05, 4.69) is 134 Å². The van der Waals surface area contributed by atoms with E-state index in [1.165, 1.54) is 66.1 Å². The van der Waals surface area contributed by atoms with E-state index in [0.29, 0.717) is 11.8 Å². The molecule has 3 aliphatic carbocycles. The van der Waals surface area contributed by atoms with Gasteiger partial charge in [-0.1, -0.05) is 134 Å². The molecule has 0 fully saturated rings. The van der Waals surface area contributed by atoms with Crippen LogP contribution in [0.3, 0.4) is 0 Å². The van der Waals surface area contributed by atoms with E-state index in [1.54, 1.807) is 0 Å². The maximum atomic E-state index is 2.46. The van der Waals surface area contributed by atoms with Crippen LogP contribution in [0.5, 0.6) is 0 Å². The predicted octanol–water partition coefficient (Wildman–Crippen LogP) is 9.86. The zero-order chi connectivity index (χ0) is 25.1. The lowest BCUT2D eigenvalue weighted by atomic mass is 9.69. The van der Waals surface area contributed by atoms with Gasteiger partial charge in [-0.2, -0.15) is 0 Å². The van der Waals surface area contributed by atoms with E-state index in [0.717, 1.165) is 12.8 Å². The Morgan fingerprint density at radius 2 is 1.05 bits per heavy atom. The average molecular weight is 485 g/mol. The van der Waals surface area contributed by atoms with Crippen LogP contribution in [0.1, 0.15) is 45.7 Å². The maximum absolute atomic E-state index is 2.46. The summed E-state index contributed by atoms with van der Waals surface area (Å²) in [5, 5.41) is 5.43. The van der Waals surface area contributed by atoms with Crippen LogP contribution in [0.25, 0.3) is 44.8 Å². The van der Waals surface area contributed by atoms with Crippen LogP contribution < -0.4 is 0 Å². The normalized spacial score (nSPS) is 19.5. The smallest absolute Gasteiger partial charge is 0.0131 e. The number of fused-ring (bicyclic) bond motifs is 6. The number of benzene rings is 5. The van der Waals surface area contributed by atoms with Gasteiger partial charge in [0, 0.05) is 11.8 Å². The molecule has 0 bridgehead atoms. The van der Waals surface area contributed by atoms with Gasteiger partial charge in [-0.3, -0.25) is 0 Å². The standard InChI is InChI=1S/C38H28/c1-2-12-26-23-28(22-21-25(26)11-1)37-32-17-7-9-19-34(32)38(35-20-10-8-18-33(35)37)36-24-27-13-3-4-14-29(27)30-15-5-6-16-31(30)36/h1-20,23-24,30-31H,21-22H2. The monoisotopic (exact) mass is 484 g/mol. The minimum absolute atomic E-state index is 0.327. The molecule has 0 saturated carbocycles. The lowest BCUT2D eigenvalue weighted by Crippen LogP contribution is -2.18. The maximum Gasteiger partial charge on any atom is 0.0131 e. The van der Waals surface area contributed by atoms with Gasteiger partial charge in [0.2, 0.25) is 0 Å². The molecular weight excluding hydrogens is 456 g/mol. The van der Waals surface area contributed by atoms with Crippen molar-refractivity contribution < 1.29 is 0 Å². The summed E-state index contributed by atoms with van der Waals surface area (Å²) in [5.41, 5.74) is 11.3. The number of rotatable bonds is 2. The Balaban J connectivity index is 1.45. The van der Waals surface area contributed by atoms with Gasteiger partial charge in [0.15, 0.2) is 0 Å². The lowest BCUT2D eigenvalue weighted by Gasteiger charge is -2.34. The molecule has 0 N–H and O–H groups in total. The molecule has 38 heavy (non-hydrogen) atoms. The minimum Gasteiger partial charge on any atom is -0.0761 e. The largest absolute Gasteiger partial charge is 0.0761 e. The topological polar surface area (TPSA) is 0 Å². The predicted molar refractivity (Wildman–Crippen MR) is 163 cm³/mol. The fraction of sp³-hybridized carbons (Fsp3) is 0.105. The first kappa shape index (κ1) is 21.6. The van der Waals surface area contributed by atoms with Crippen LogP contribution in [-0.4, -0.2) is 0 Å². The Morgan fingerprint density at radius 3 is 1.79 bits per heavy atom. The van der Waals surface area contributed by atoms with E-state index in [-0.39, 0.29) is 0 Å². The van der Waals surface area contributed by atoms with E-state index in [4.69, 9.17) is 0 Å². The fourth-order valence-electron chi connectivity index (χ4n) is 7.06. The zero-order valence-corrected chi connectivity index (χ0v) is 21.3. The molecule has 0 amide bonds. The molecule has 0 nitrogen and oxygen atoms in total. The second-order valence-electron chi connectivity index (χ2n) is 10.8. The third-order valence-electron chi connectivity index (χ3n) is 8.75. The Hall–Kier alpha value is -4.42. The molecule has 3 aliphatic rings. The second-order valence-corrected chi connectivity index (χ2v) is 10.8. The summed E-state index contributed by atoms with van der Waals surface area (Å²) in [5.74, 6) is 0.694. The van der Waals surface area contributed by atoms with Crippen molar-refractivity contribution in [2.45, 2.75) is 18.8 Å². The van der Waals surface area contributed by atoms with Crippen molar-refractivity contribution in [3.05, 3.63) is 155 Å². The summed E-state index contributed by atoms with van der Waals surface area (Å²) in [6, 6.07) is 36.0. The average Bonchev–Trinajstić information content (AvgIpc) is 2.99. The van der Waals surface area contributed by atoms with Crippen molar-refractivity contribution in [1.82, 2.24) is 0 Å². The molecular formula is C38H28. The molecule has 0 saturated heterocycles. The van der Waals surface area contributed by atoms with Crippen LogP contribution in [0, 0.1) is 5.92 Å². The van der Waals surface area contributed by atoms with E-state index < -0.39 is 0 Å². The third-order valence-corrected chi connectivity index (χ3v) is 8.75. The van der Waals surface area contributed by atoms with Crippen LogP contribution in [0.15, 0.2) is 121 Å². The zero-order valence-electron chi connectivity index (χ0n) is 21.3. The van der Waals surface area contributed by atoms with Crippen LogP contribution in [0.4, 0.5) is 0 Å². The highest BCUT2D eigenvalue weighted by molar-refractivity contribution is 6.18. The summed E-state index contributed by atoms with van der Waals surface area (Å²) >= 11 is 0. The van der Waals surface area contributed by atoms with Gasteiger partial charge >= 0.3 is 0 Å². The Labute approximate surface area is 224 Å². The summed E-state index contributed by atoms with van der Waals surface area (Å²) in [6.45, 7) is 0. The van der Waals surface area contributed by atoms with Crippen molar-refractivity contribution in [2.75, 3.05) is 0 Å². The van der Waals surface area contributed by atoms with Gasteiger partial charge in [0.1, 0.15) is 0 Å². The first-order chi connectivity index (χ1) is 18.9. The second kappa shape index (κ2) is 8.57. The number of aryl methyl sites for hydroxylation is 1. The van der Waals surface area contributed by atoms with Crippen LogP contribution in [0.2, 0.25) is 0 Å².